The van der Waals surface area contributed by atoms with E-state index in [-0.39, 0.29) is 12.3 Å². The monoisotopic (exact) mass is 376 g/mol. The third kappa shape index (κ3) is 2.65. The maximum Gasteiger partial charge on any atom is 0.231 e. The fourth-order valence-electron chi connectivity index (χ4n) is 3.43. The van der Waals surface area contributed by atoms with Crippen molar-refractivity contribution in [3.63, 3.8) is 0 Å². The number of aromatic amines is 1. The second-order valence-corrected chi connectivity index (χ2v) is 7.07. The molecule has 0 bridgehead atoms. The number of halogens is 1. The molecule has 140 valence electrons. The van der Waals surface area contributed by atoms with Gasteiger partial charge in [-0.2, -0.15) is 0 Å². The fourth-order valence-corrected chi connectivity index (χ4v) is 3.43. The average molecular weight is 376 g/mol. The largest absolute Gasteiger partial charge is 0.383 e. The molecule has 1 saturated carbocycles. The number of anilines is 2. The van der Waals surface area contributed by atoms with Gasteiger partial charge in [0.05, 0.1) is 22.6 Å². The first kappa shape index (κ1) is 16.6. The van der Waals surface area contributed by atoms with E-state index in [1.807, 2.05) is 25.3 Å². The lowest BCUT2D eigenvalue weighted by molar-refractivity contribution is -0.117. The van der Waals surface area contributed by atoms with Gasteiger partial charge in [0, 0.05) is 29.5 Å². The van der Waals surface area contributed by atoms with E-state index in [9.17, 15) is 9.18 Å². The highest BCUT2D eigenvalue weighted by Gasteiger charge is 2.43. The Morgan fingerprint density at radius 1 is 1.32 bits per heavy atom. The number of pyridine rings is 3. The van der Waals surface area contributed by atoms with Crippen molar-refractivity contribution >= 4 is 39.3 Å². The van der Waals surface area contributed by atoms with Crippen LogP contribution in [0.25, 0.3) is 33.1 Å². The zero-order chi connectivity index (χ0) is 19.4. The van der Waals surface area contributed by atoms with Crippen LogP contribution >= 0.6 is 0 Å². The van der Waals surface area contributed by atoms with Gasteiger partial charge in [-0.15, -0.1) is 0 Å². The summed E-state index contributed by atoms with van der Waals surface area (Å²) in [7, 11) is 0. The van der Waals surface area contributed by atoms with Crippen molar-refractivity contribution in [2.45, 2.75) is 19.5 Å². The van der Waals surface area contributed by atoms with Crippen molar-refractivity contribution in [3.05, 3.63) is 42.4 Å². The fraction of sp³-hybridized carbons (Fsp3) is 0.200. The molecular formula is C20H17FN6O. The van der Waals surface area contributed by atoms with Crippen molar-refractivity contribution in [1.82, 2.24) is 19.9 Å². The summed E-state index contributed by atoms with van der Waals surface area (Å²) >= 11 is 0. The van der Waals surface area contributed by atoms with Crippen LogP contribution in [0.15, 0.2) is 36.8 Å². The Balaban J connectivity index is 1.57. The molecule has 4 heterocycles. The standard InChI is InChI=1S/C20H17FN6O/c1-9-12(7-24-15-2-3-23-18(9)15)16-4-10-5-17(25-8-13(10)19(22)26-16)27-20(28)11-6-14(11)21/h2-5,7-8,11,14,23H,6H2,1H3,(H2,22,26)(H,25,27,28)/t11-,14+/m0/s1. The van der Waals surface area contributed by atoms with Gasteiger partial charge in [-0.3, -0.25) is 9.78 Å². The predicted molar refractivity (Wildman–Crippen MR) is 105 cm³/mol. The first-order valence-corrected chi connectivity index (χ1v) is 8.95. The van der Waals surface area contributed by atoms with Crippen LogP contribution in [0.1, 0.15) is 12.0 Å². The van der Waals surface area contributed by atoms with Crippen LogP contribution in [0.4, 0.5) is 16.0 Å². The highest BCUT2D eigenvalue weighted by molar-refractivity contribution is 5.99. The summed E-state index contributed by atoms with van der Waals surface area (Å²) in [6.45, 7) is 2.00. The smallest absolute Gasteiger partial charge is 0.231 e. The third-order valence-electron chi connectivity index (χ3n) is 5.16. The SMILES string of the molecule is Cc1c(-c2cc3cc(NC(=O)[C@H]4C[C@H]4F)ncc3c(N)n2)cnc2cc[nH]c12. The Morgan fingerprint density at radius 3 is 2.93 bits per heavy atom. The minimum Gasteiger partial charge on any atom is -0.383 e. The van der Waals surface area contributed by atoms with Crippen molar-refractivity contribution in [3.8, 4) is 11.3 Å². The lowest BCUT2D eigenvalue weighted by Gasteiger charge is -2.10. The van der Waals surface area contributed by atoms with E-state index in [2.05, 4.69) is 25.3 Å². The first-order chi connectivity index (χ1) is 13.5. The topological polar surface area (TPSA) is 110 Å². The number of amides is 1. The summed E-state index contributed by atoms with van der Waals surface area (Å²) in [6, 6.07) is 5.52. The highest BCUT2D eigenvalue weighted by Crippen LogP contribution is 2.35. The highest BCUT2D eigenvalue weighted by atomic mass is 19.1. The van der Waals surface area contributed by atoms with E-state index >= 15 is 0 Å². The molecule has 4 N–H and O–H groups in total. The molecule has 1 aliphatic rings. The van der Waals surface area contributed by atoms with Gasteiger partial charge in [0.15, 0.2) is 0 Å². The predicted octanol–water partition coefficient (Wildman–Crippen LogP) is 3.36. The molecule has 0 radical (unpaired) electrons. The number of aromatic nitrogens is 4. The Labute approximate surface area is 159 Å². The summed E-state index contributed by atoms with van der Waals surface area (Å²) in [6.07, 6.45) is 4.41. The molecule has 1 fully saturated rings. The van der Waals surface area contributed by atoms with Crippen LogP contribution in [0, 0.1) is 12.8 Å². The molecule has 8 heteroatoms. The maximum atomic E-state index is 13.1. The van der Waals surface area contributed by atoms with Crippen molar-refractivity contribution in [1.29, 1.82) is 0 Å². The van der Waals surface area contributed by atoms with Crippen molar-refractivity contribution in [2.24, 2.45) is 5.92 Å². The Kier molecular flexibility index (Phi) is 3.55. The van der Waals surface area contributed by atoms with E-state index in [0.717, 1.165) is 27.5 Å². The average Bonchev–Trinajstić information content (AvgIpc) is 3.21. The zero-order valence-corrected chi connectivity index (χ0v) is 15.0. The Morgan fingerprint density at radius 2 is 2.14 bits per heavy atom. The number of nitrogens with zero attached hydrogens (tertiary/aromatic N) is 3. The number of alkyl halides is 1. The van der Waals surface area contributed by atoms with E-state index < -0.39 is 12.1 Å². The maximum absolute atomic E-state index is 13.1. The summed E-state index contributed by atoms with van der Waals surface area (Å²) in [4.78, 5) is 28.3. The molecule has 0 saturated heterocycles. The summed E-state index contributed by atoms with van der Waals surface area (Å²) < 4.78 is 13.1. The Bertz CT molecular complexity index is 1250. The first-order valence-electron chi connectivity index (χ1n) is 8.95. The molecule has 0 unspecified atom stereocenters. The molecular weight excluding hydrogens is 359 g/mol. The molecule has 28 heavy (non-hydrogen) atoms. The molecule has 5 rings (SSSR count). The lowest BCUT2D eigenvalue weighted by Crippen LogP contribution is -2.15. The van der Waals surface area contributed by atoms with Gasteiger partial charge < -0.3 is 16.0 Å². The van der Waals surface area contributed by atoms with E-state index in [0.29, 0.717) is 22.7 Å². The van der Waals surface area contributed by atoms with Gasteiger partial charge in [-0.1, -0.05) is 0 Å². The normalized spacial score (nSPS) is 18.5. The number of carbonyl (C=O) groups excluding carboxylic acids is 1. The second-order valence-electron chi connectivity index (χ2n) is 7.07. The summed E-state index contributed by atoms with van der Waals surface area (Å²) in [5.74, 6) is -0.214. The zero-order valence-electron chi connectivity index (χ0n) is 15.0. The number of nitrogens with two attached hydrogens (primary N) is 1. The van der Waals surface area contributed by atoms with E-state index in [1.165, 1.54) is 0 Å². The molecule has 0 spiro atoms. The number of nitrogen functional groups attached to an aromatic ring is 1. The number of fused-ring (bicyclic) bond motifs is 2. The quantitative estimate of drug-likeness (QED) is 0.508. The second kappa shape index (κ2) is 5.98. The van der Waals surface area contributed by atoms with Crippen LogP contribution < -0.4 is 11.1 Å². The number of nitrogens with one attached hydrogen (secondary N) is 2. The molecule has 4 aromatic rings. The molecule has 2 atom stereocenters. The van der Waals surface area contributed by atoms with Crippen molar-refractivity contribution in [2.75, 3.05) is 11.1 Å². The summed E-state index contributed by atoms with van der Waals surface area (Å²) in [5.41, 5.74) is 10.5. The molecule has 1 aliphatic carbocycles. The molecule has 7 nitrogen and oxygen atoms in total. The van der Waals surface area contributed by atoms with Gasteiger partial charge in [0.25, 0.3) is 0 Å². The third-order valence-corrected chi connectivity index (χ3v) is 5.16. The van der Waals surface area contributed by atoms with Gasteiger partial charge in [0.1, 0.15) is 17.8 Å². The van der Waals surface area contributed by atoms with E-state index in [1.54, 1.807) is 18.5 Å². The van der Waals surface area contributed by atoms with Crippen LogP contribution in [0.2, 0.25) is 0 Å². The number of carbonyl (C=O) groups is 1. The number of H-pyrrole nitrogens is 1. The number of rotatable bonds is 3. The van der Waals surface area contributed by atoms with Gasteiger partial charge in [-0.25, -0.2) is 14.4 Å². The van der Waals surface area contributed by atoms with E-state index in [4.69, 9.17) is 5.73 Å². The van der Waals surface area contributed by atoms with Crippen LogP contribution in [-0.4, -0.2) is 32.0 Å². The molecule has 0 aliphatic heterocycles. The number of hydrogen-bond donors (Lipinski definition) is 3. The van der Waals surface area contributed by atoms with Crippen molar-refractivity contribution < 1.29 is 9.18 Å². The van der Waals surface area contributed by atoms with Gasteiger partial charge >= 0.3 is 0 Å². The van der Waals surface area contributed by atoms with Crippen LogP contribution in [-0.2, 0) is 4.79 Å². The molecule has 0 aromatic carbocycles. The molecule has 1 amide bonds. The number of hydrogen-bond acceptors (Lipinski definition) is 5. The summed E-state index contributed by atoms with van der Waals surface area (Å²) in [5, 5.41) is 4.14. The van der Waals surface area contributed by atoms with Crippen LogP contribution in [0.3, 0.4) is 0 Å². The van der Waals surface area contributed by atoms with Gasteiger partial charge in [0.2, 0.25) is 5.91 Å². The van der Waals surface area contributed by atoms with Gasteiger partial charge in [-0.05, 0) is 42.5 Å². The Hall–Kier alpha value is -3.55. The minimum absolute atomic E-state index is 0.272. The van der Waals surface area contributed by atoms with Crippen LogP contribution in [0.5, 0.6) is 0 Å². The molecule has 4 aromatic heterocycles. The minimum atomic E-state index is -1.05. The number of aryl methyl sites for hydroxylation is 1. The lowest BCUT2D eigenvalue weighted by atomic mass is 10.0.